The third kappa shape index (κ3) is 5.23. The number of carbonyl (C=O) groups excluding carboxylic acids is 1. The summed E-state index contributed by atoms with van der Waals surface area (Å²) in [6.07, 6.45) is 11.4. The lowest BCUT2D eigenvalue weighted by molar-refractivity contribution is -0.125. The summed E-state index contributed by atoms with van der Waals surface area (Å²) in [5, 5.41) is 3.13. The monoisotopic (exact) mass is 408 g/mol. The lowest BCUT2D eigenvalue weighted by atomic mass is 9.95. The lowest BCUT2D eigenvalue weighted by Gasteiger charge is -2.32. The fourth-order valence-electron chi connectivity index (χ4n) is 4.32. The molecule has 2 aliphatic rings. The standard InChI is InChI=1S/C24H29FN4O/c25-21-8-4-7-20(15-21)22-16-23(28-17-27-22)29-13-10-19(11-14-29)24(30)26-12-9-18-5-2-1-3-6-18/h4-5,7-8,15-17,19H,1-3,6,9-14H2,(H,26,30). The minimum atomic E-state index is -0.278. The van der Waals surface area contributed by atoms with Crippen LogP contribution in [0.2, 0.25) is 0 Å². The smallest absolute Gasteiger partial charge is 0.223 e. The first-order chi connectivity index (χ1) is 14.7. The molecular weight excluding hydrogens is 379 g/mol. The maximum Gasteiger partial charge on any atom is 0.223 e. The number of hydrogen-bond donors (Lipinski definition) is 1. The second-order valence-corrected chi connectivity index (χ2v) is 8.18. The number of rotatable bonds is 6. The van der Waals surface area contributed by atoms with Gasteiger partial charge in [-0.3, -0.25) is 4.79 Å². The van der Waals surface area contributed by atoms with Crippen LogP contribution in [-0.4, -0.2) is 35.5 Å². The Labute approximate surface area is 177 Å². The Hall–Kier alpha value is -2.76. The van der Waals surface area contributed by atoms with E-state index in [1.165, 1.54) is 49.7 Å². The van der Waals surface area contributed by atoms with E-state index in [9.17, 15) is 9.18 Å². The third-order valence-electron chi connectivity index (χ3n) is 6.09. The molecule has 1 N–H and O–H groups in total. The zero-order valence-corrected chi connectivity index (χ0v) is 17.3. The number of hydrogen-bond acceptors (Lipinski definition) is 4. The van der Waals surface area contributed by atoms with Crippen LogP contribution in [0.5, 0.6) is 0 Å². The van der Waals surface area contributed by atoms with E-state index in [0.29, 0.717) is 5.69 Å². The van der Waals surface area contributed by atoms with Crippen molar-refractivity contribution in [1.29, 1.82) is 0 Å². The average molecular weight is 409 g/mol. The molecule has 1 aliphatic carbocycles. The van der Waals surface area contributed by atoms with Gasteiger partial charge in [-0.05, 0) is 57.1 Å². The number of nitrogens with zero attached hydrogens (tertiary/aromatic N) is 3. The van der Waals surface area contributed by atoms with Crippen LogP contribution in [0.1, 0.15) is 44.9 Å². The molecule has 0 bridgehead atoms. The van der Waals surface area contributed by atoms with Gasteiger partial charge in [0.2, 0.25) is 5.91 Å². The van der Waals surface area contributed by atoms with Crippen LogP contribution in [0.4, 0.5) is 10.2 Å². The molecule has 6 heteroatoms. The minimum absolute atomic E-state index is 0.0612. The Kier molecular flexibility index (Phi) is 6.72. The van der Waals surface area contributed by atoms with Gasteiger partial charge in [0.1, 0.15) is 18.0 Å². The Morgan fingerprint density at radius 2 is 2.03 bits per heavy atom. The van der Waals surface area contributed by atoms with Crippen LogP contribution in [0.25, 0.3) is 11.3 Å². The third-order valence-corrected chi connectivity index (χ3v) is 6.09. The van der Waals surface area contributed by atoms with Crippen molar-refractivity contribution in [3.8, 4) is 11.3 Å². The van der Waals surface area contributed by atoms with Gasteiger partial charge < -0.3 is 10.2 Å². The molecule has 1 aromatic carbocycles. The average Bonchev–Trinajstić information content (AvgIpc) is 2.80. The van der Waals surface area contributed by atoms with E-state index >= 15 is 0 Å². The molecule has 2 aromatic rings. The minimum Gasteiger partial charge on any atom is -0.356 e. The van der Waals surface area contributed by atoms with Crippen molar-refractivity contribution in [1.82, 2.24) is 15.3 Å². The van der Waals surface area contributed by atoms with Gasteiger partial charge in [0, 0.05) is 37.2 Å². The van der Waals surface area contributed by atoms with Crippen molar-refractivity contribution in [2.24, 2.45) is 5.92 Å². The van der Waals surface area contributed by atoms with E-state index in [-0.39, 0.29) is 17.6 Å². The van der Waals surface area contributed by atoms with Gasteiger partial charge in [-0.15, -0.1) is 0 Å². The van der Waals surface area contributed by atoms with E-state index in [0.717, 1.165) is 50.3 Å². The molecule has 4 rings (SSSR count). The van der Waals surface area contributed by atoms with Gasteiger partial charge in [-0.1, -0.05) is 23.8 Å². The topological polar surface area (TPSA) is 58.1 Å². The number of allylic oxidation sites excluding steroid dienone is 1. The predicted molar refractivity (Wildman–Crippen MR) is 117 cm³/mol. The molecular formula is C24H29FN4O. The normalized spacial score (nSPS) is 17.5. The summed E-state index contributed by atoms with van der Waals surface area (Å²) in [5.41, 5.74) is 2.94. The predicted octanol–water partition coefficient (Wildman–Crippen LogP) is 4.51. The van der Waals surface area contributed by atoms with E-state index < -0.39 is 0 Å². The summed E-state index contributed by atoms with van der Waals surface area (Å²) in [7, 11) is 0. The molecule has 158 valence electrons. The fraction of sp³-hybridized carbons (Fsp3) is 0.458. The molecule has 1 amide bonds. The Morgan fingerprint density at radius 1 is 1.17 bits per heavy atom. The first-order valence-corrected chi connectivity index (χ1v) is 11.0. The molecule has 0 atom stereocenters. The van der Waals surface area contributed by atoms with Crippen LogP contribution in [0.3, 0.4) is 0 Å². The van der Waals surface area contributed by atoms with Gasteiger partial charge in [0.05, 0.1) is 5.69 Å². The second kappa shape index (κ2) is 9.83. The van der Waals surface area contributed by atoms with Crippen molar-refractivity contribution in [2.75, 3.05) is 24.5 Å². The molecule has 5 nitrogen and oxygen atoms in total. The number of piperidine rings is 1. The highest BCUT2D eigenvalue weighted by Gasteiger charge is 2.25. The van der Waals surface area contributed by atoms with Gasteiger partial charge in [0.15, 0.2) is 0 Å². The quantitative estimate of drug-likeness (QED) is 0.715. The molecule has 0 spiro atoms. The number of carbonyl (C=O) groups is 1. The highest BCUT2D eigenvalue weighted by Crippen LogP contribution is 2.26. The van der Waals surface area contributed by atoms with Crippen LogP contribution < -0.4 is 10.2 Å². The number of benzene rings is 1. The molecule has 30 heavy (non-hydrogen) atoms. The summed E-state index contributed by atoms with van der Waals surface area (Å²) in [4.78, 5) is 23.4. The summed E-state index contributed by atoms with van der Waals surface area (Å²) in [6.45, 7) is 2.31. The highest BCUT2D eigenvalue weighted by molar-refractivity contribution is 5.79. The first kappa shape index (κ1) is 20.5. The molecule has 1 fully saturated rings. The summed E-state index contributed by atoms with van der Waals surface area (Å²) < 4.78 is 13.5. The van der Waals surface area contributed by atoms with E-state index in [1.54, 1.807) is 6.07 Å². The zero-order valence-electron chi connectivity index (χ0n) is 17.3. The molecule has 2 heterocycles. The molecule has 0 unspecified atom stereocenters. The second-order valence-electron chi connectivity index (χ2n) is 8.18. The van der Waals surface area contributed by atoms with E-state index in [4.69, 9.17) is 0 Å². The van der Waals surface area contributed by atoms with Crippen LogP contribution in [0.15, 0.2) is 48.3 Å². The van der Waals surface area contributed by atoms with Crippen molar-refractivity contribution >= 4 is 11.7 Å². The lowest BCUT2D eigenvalue weighted by Crippen LogP contribution is -2.41. The summed E-state index contributed by atoms with van der Waals surface area (Å²) in [5.74, 6) is 0.784. The van der Waals surface area contributed by atoms with Gasteiger partial charge in [-0.2, -0.15) is 0 Å². The fourth-order valence-corrected chi connectivity index (χ4v) is 4.32. The van der Waals surface area contributed by atoms with Gasteiger partial charge in [-0.25, -0.2) is 14.4 Å². The summed E-state index contributed by atoms with van der Waals surface area (Å²) >= 11 is 0. The van der Waals surface area contributed by atoms with Gasteiger partial charge >= 0.3 is 0 Å². The van der Waals surface area contributed by atoms with E-state index in [2.05, 4.69) is 26.3 Å². The Bertz CT molecular complexity index is 906. The van der Waals surface area contributed by atoms with Crippen molar-refractivity contribution in [2.45, 2.75) is 44.9 Å². The number of aromatic nitrogens is 2. The van der Waals surface area contributed by atoms with Crippen molar-refractivity contribution < 1.29 is 9.18 Å². The molecule has 1 saturated heterocycles. The maximum atomic E-state index is 13.5. The number of anilines is 1. The zero-order chi connectivity index (χ0) is 20.8. The van der Waals surface area contributed by atoms with Crippen LogP contribution in [0, 0.1) is 11.7 Å². The summed E-state index contributed by atoms with van der Waals surface area (Å²) in [6, 6.07) is 8.32. The molecule has 0 radical (unpaired) electrons. The Balaban J connectivity index is 1.28. The van der Waals surface area contributed by atoms with Crippen molar-refractivity contribution in [3.05, 3.63) is 54.1 Å². The Morgan fingerprint density at radius 3 is 2.80 bits per heavy atom. The molecule has 1 aliphatic heterocycles. The number of halogens is 1. The largest absolute Gasteiger partial charge is 0.356 e. The SMILES string of the molecule is O=C(NCCC1=CCCCC1)C1CCN(c2cc(-c3cccc(F)c3)ncn2)CC1. The maximum absolute atomic E-state index is 13.5. The first-order valence-electron chi connectivity index (χ1n) is 11.0. The molecule has 1 aromatic heterocycles. The molecule has 0 saturated carbocycles. The van der Waals surface area contributed by atoms with E-state index in [1.807, 2.05) is 12.1 Å². The van der Waals surface area contributed by atoms with Crippen molar-refractivity contribution in [3.63, 3.8) is 0 Å². The number of nitrogens with one attached hydrogen (secondary N) is 1. The van der Waals surface area contributed by atoms with Crippen LogP contribution in [-0.2, 0) is 4.79 Å². The number of amides is 1. The van der Waals surface area contributed by atoms with Gasteiger partial charge in [0.25, 0.3) is 0 Å². The highest BCUT2D eigenvalue weighted by atomic mass is 19.1. The van der Waals surface area contributed by atoms with Crippen LogP contribution >= 0.6 is 0 Å².